The molecular weight excluding hydrogens is 272 g/mol. The molecular formula is C14H28N4OS. The van der Waals surface area contributed by atoms with Gasteiger partial charge in [-0.25, -0.2) is 0 Å². The van der Waals surface area contributed by atoms with E-state index in [4.69, 9.17) is 4.42 Å². The first-order valence-electron chi connectivity index (χ1n) is 7.20. The number of rotatable bonds is 8. The molecule has 1 aromatic heterocycles. The monoisotopic (exact) mass is 300 g/mol. The van der Waals surface area contributed by atoms with E-state index in [9.17, 15) is 0 Å². The van der Waals surface area contributed by atoms with E-state index >= 15 is 0 Å². The molecule has 2 N–H and O–H groups in total. The molecule has 0 aliphatic carbocycles. The Kier molecular flexibility index (Phi) is 6.33. The normalized spacial score (nSPS) is 12.7. The molecule has 1 heterocycles. The molecule has 0 saturated carbocycles. The highest BCUT2D eigenvalue weighted by atomic mass is 32.2. The maximum atomic E-state index is 5.60. The Bertz CT molecular complexity index is 388. The first kappa shape index (κ1) is 17.3. The van der Waals surface area contributed by atoms with Crippen LogP contribution in [-0.2, 0) is 6.54 Å². The minimum Gasteiger partial charge on any atom is -0.407 e. The minimum atomic E-state index is 0.0422. The van der Waals surface area contributed by atoms with Crippen LogP contribution in [0.2, 0.25) is 0 Å². The van der Waals surface area contributed by atoms with Gasteiger partial charge in [0.15, 0.2) is 0 Å². The van der Waals surface area contributed by atoms with Crippen molar-refractivity contribution in [1.82, 2.24) is 15.5 Å². The van der Waals surface area contributed by atoms with Crippen LogP contribution in [0, 0.1) is 0 Å². The Balaban J connectivity index is 2.52. The van der Waals surface area contributed by atoms with E-state index in [0.717, 1.165) is 19.4 Å². The summed E-state index contributed by atoms with van der Waals surface area (Å²) in [7, 11) is 0. The fraction of sp³-hybridized carbons (Fsp3) is 0.857. The quantitative estimate of drug-likeness (QED) is 0.768. The molecule has 0 atom stereocenters. The van der Waals surface area contributed by atoms with Crippen molar-refractivity contribution < 1.29 is 4.42 Å². The molecule has 0 amide bonds. The second kappa shape index (κ2) is 7.31. The molecule has 0 unspecified atom stereocenters. The van der Waals surface area contributed by atoms with E-state index in [1.807, 2.05) is 11.8 Å². The van der Waals surface area contributed by atoms with Gasteiger partial charge in [0.2, 0.25) is 5.89 Å². The van der Waals surface area contributed by atoms with Gasteiger partial charge in [0.1, 0.15) is 0 Å². The summed E-state index contributed by atoms with van der Waals surface area (Å²) in [6.45, 7) is 12.2. The number of thioether (sulfide) groups is 1. The Morgan fingerprint density at radius 3 is 2.30 bits per heavy atom. The van der Waals surface area contributed by atoms with Gasteiger partial charge < -0.3 is 15.1 Å². The largest absolute Gasteiger partial charge is 0.407 e. The zero-order chi connectivity index (χ0) is 15.2. The van der Waals surface area contributed by atoms with Crippen molar-refractivity contribution in [2.24, 2.45) is 0 Å². The van der Waals surface area contributed by atoms with Gasteiger partial charge in [0, 0.05) is 16.8 Å². The van der Waals surface area contributed by atoms with Crippen molar-refractivity contribution in [3.63, 3.8) is 0 Å². The lowest BCUT2D eigenvalue weighted by atomic mass is 10.0. The summed E-state index contributed by atoms with van der Waals surface area (Å²) in [5, 5.41) is 14.7. The number of aromatic nitrogens is 2. The summed E-state index contributed by atoms with van der Waals surface area (Å²) < 4.78 is 5.84. The lowest BCUT2D eigenvalue weighted by Crippen LogP contribution is -2.35. The number of nitrogens with zero attached hydrogens (tertiary/aromatic N) is 2. The molecule has 1 aromatic rings. The predicted octanol–water partition coefficient (Wildman–Crippen LogP) is 3.29. The van der Waals surface area contributed by atoms with Gasteiger partial charge in [-0.1, -0.05) is 18.9 Å². The molecule has 0 bridgehead atoms. The summed E-state index contributed by atoms with van der Waals surface area (Å²) in [4.78, 5) is 0. The highest BCUT2D eigenvalue weighted by Gasteiger charge is 2.25. The fourth-order valence-corrected chi connectivity index (χ4v) is 2.63. The molecule has 0 aliphatic heterocycles. The maximum absolute atomic E-state index is 5.60. The molecule has 0 radical (unpaired) electrons. The zero-order valence-corrected chi connectivity index (χ0v) is 14.4. The van der Waals surface area contributed by atoms with Crippen molar-refractivity contribution in [2.45, 2.75) is 64.3 Å². The lowest BCUT2D eigenvalue weighted by Gasteiger charge is -2.29. The highest BCUT2D eigenvalue weighted by molar-refractivity contribution is 8.00. The average molecular weight is 300 g/mol. The third-order valence-electron chi connectivity index (χ3n) is 3.52. The molecule has 0 spiro atoms. The third-order valence-corrected chi connectivity index (χ3v) is 5.11. The van der Waals surface area contributed by atoms with Crippen LogP contribution in [0.5, 0.6) is 0 Å². The molecule has 5 nitrogen and oxygen atoms in total. The molecule has 0 saturated heterocycles. The molecule has 20 heavy (non-hydrogen) atoms. The second-order valence-corrected chi connectivity index (χ2v) is 7.33. The molecule has 0 aromatic carbocycles. The minimum absolute atomic E-state index is 0.0422. The molecule has 0 aliphatic rings. The van der Waals surface area contributed by atoms with E-state index in [-0.39, 0.29) is 10.3 Å². The first-order chi connectivity index (χ1) is 9.34. The number of anilines is 1. The van der Waals surface area contributed by atoms with E-state index < -0.39 is 0 Å². The number of nitrogens with one attached hydrogen (secondary N) is 2. The summed E-state index contributed by atoms with van der Waals surface area (Å²) >= 11 is 1.89. The highest BCUT2D eigenvalue weighted by Crippen LogP contribution is 2.30. The lowest BCUT2D eigenvalue weighted by molar-refractivity contribution is 0.383. The van der Waals surface area contributed by atoms with Gasteiger partial charge in [0.25, 0.3) is 0 Å². The predicted molar refractivity (Wildman–Crippen MR) is 86.2 cm³/mol. The summed E-state index contributed by atoms with van der Waals surface area (Å²) in [5.41, 5.74) is 0.0422. The van der Waals surface area contributed by atoms with Crippen molar-refractivity contribution in [3.05, 3.63) is 5.89 Å². The van der Waals surface area contributed by atoms with E-state index in [0.29, 0.717) is 18.5 Å². The van der Waals surface area contributed by atoms with Crippen LogP contribution >= 0.6 is 11.8 Å². The van der Waals surface area contributed by atoms with Crippen LogP contribution in [0.1, 0.15) is 53.4 Å². The van der Waals surface area contributed by atoms with E-state index in [1.165, 1.54) is 0 Å². The van der Waals surface area contributed by atoms with Crippen molar-refractivity contribution >= 4 is 17.8 Å². The topological polar surface area (TPSA) is 63.0 Å². The van der Waals surface area contributed by atoms with Crippen molar-refractivity contribution in [2.75, 3.05) is 18.1 Å². The van der Waals surface area contributed by atoms with E-state index in [1.54, 1.807) is 0 Å². The average Bonchev–Trinajstić information content (AvgIpc) is 2.86. The Morgan fingerprint density at radius 2 is 1.80 bits per heavy atom. The molecule has 0 fully saturated rings. The van der Waals surface area contributed by atoms with Crippen LogP contribution in [0.4, 0.5) is 6.01 Å². The molecule has 6 heteroatoms. The van der Waals surface area contributed by atoms with Gasteiger partial charge in [-0.3, -0.25) is 0 Å². The standard InChI is InChI=1S/C14H28N4OS/c1-7-14(8-2,20-6)10-15-12-18-17-11(19-12)9-16-13(3,4)5/h16H,7-10H2,1-6H3,(H,15,18). The van der Waals surface area contributed by atoms with E-state index in [2.05, 4.69) is 61.7 Å². The van der Waals surface area contributed by atoms with Gasteiger partial charge in [-0.05, 0) is 39.9 Å². The summed E-state index contributed by atoms with van der Waals surface area (Å²) in [5.74, 6) is 0.616. The fourth-order valence-electron chi connectivity index (χ4n) is 1.83. The summed E-state index contributed by atoms with van der Waals surface area (Å²) in [6.07, 6.45) is 4.38. The van der Waals surface area contributed by atoms with Gasteiger partial charge in [0.05, 0.1) is 6.54 Å². The number of hydrogen-bond donors (Lipinski definition) is 2. The van der Waals surface area contributed by atoms with Crippen LogP contribution in [0.3, 0.4) is 0 Å². The molecule has 116 valence electrons. The number of hydrogen-bond acceptors (Lipinski definition) is 6. The summed E-state index contributed by atoms with van der Waals surface area (Å²) in [6, 6.07) is 0.510. The zero-order valence-electron chi connectivity index (χ0n) is 13.5. The van der Waals surface area contributed by atoms with Crippen molar-refractivity contribution in [1.29, 1.82) is 0 Å². The Labute approximate surface area is 126 Å². The van der Waals surface area contributed by atoms with Crippen molar-refractivity contribution in [3.8, 4) is 0 Å². The van der Waals surface area contributed by atoms with Crippen LogP contribution in [0.25, 0.3) is 0 Å². The van der Waals surface area contributed by atoms with Gasteiger partial charge in [-0.15, -0.1) is 5.10 Å². The van der Waals surface area contributed by atoms with Gasteiger partial charge >= 0.3 is 6.01 Å². The van der Waals surface area contributed by atoms with Crippen LogP contribution in [-0.4, -0.2) is 33.3 Å². The first-order valence-corrected chi connectivity index (χ1v) is 8.43. The maximum Gasteiger partial charge on any atom is 0.315 e. The Morgan fingerprint density at radius 1 is 1.15 bits per heavy atom. The Hall–Kier alpha value is -0.750. The van der Waals surface area contributed by atoms with Gasteiger partial charge in [-0.2, -0.15) is 11.8 Å². The SMILES string of the molecule is CCC(CC)(CNc1nnc(CNC(C)(C)C)o1)SC. The van der Waals surface area contributed by atoms with Crippen LogP contribution in [0.15, 0.2) is 4.42 Å². The third kappa shape index (κ3) is 5.32. The molecule has 1 rings (SSSR count). The smallest absolute Gasteiger partial charge is 0.315 e. The van der Waals surface area contributed by atoms with Crippen LogP contribution < -0.4 is 10.6 Å². The second-order valence-electron chi connectivity index (χ2n) is 6.05.